The molecule has 3 aromatic rings. The van der Waals surface area contributed by atoms with E-state index < -0.39 is 0 Å². The summed E-state index contributed by atoms with van der Waals surface area (Å²) in [5.41, 5.74) is 4.68. The Bertz CT molecular complexity index is 1330. The lowest BCUT2D eigenvalue weighted by Crippen LogP contribution is -2.55. The number of amides is 2. The molecule has 1 aromatic heterocycles. The zero-order valence-corrected chi connectivity index (χ0v) is 22.3. The highest BCUT2D eigenvalue weighted by atomic mass is 16.2. The van der Waals surface area contributed by atoms with Crippen LogP contribution in [0.4, 0.5) is 5.69 Å². The molecule has 198 valence electrons. The first-order chi connectivity index (χ1) is 18.5. The third-order valence-corrected chi connectivity index (χ3v) is 10.3. The monoisotopic (exact) mass is 509 g/mol. The fourth-order valence-corrected chi connectivity index (χ4v) is 8.50. The molecule has 4 bridgehead atoms. The number of H-pyrrole nitrogens is 1. The zero-order chi connectivity index (χ0) is 25.8. The van der Waals surface area contributed by atoms with Crippen LogP contribution in [0, 0.1) is 35.5 Å². The molecule has 0 aliphatic heterocycles. The van der Waals surface area contributed by atoms with E-state index in [0.717, 1.165) is 64.5 Å². The fraction of sp³-hybridized carbons (Fsp3) is 0.515. The van der Waals surface area contributed by atoms with E-state index in [1.54, 1.807) is 0 Å². The lowest BCUT2D eigenvalue weighted by molar-refractivity contribution is -0.122. The van der Waals surface area contributed by atoms with Crippen LogP contribution in [-0.2, 0) is 4.79 Å². The summed E-state index contributed by atoms with van der Waals surface area (Å²) in [5.74, 6) is 3.96. The Labute approximate surface area is 225 Å². The smallest absolute Gasteiger partial charge is 0.251 e. The molecule has 5 aliphatic carbocycles. The van der Waals surface area contributed by atoms with Gasteiger partial charge in [0.05, 0.1) is 0 Å². The number of carbonyl (C=O) groups is 2. The summed E-state index contributed by atoms with van der Waals surface area (Å²) >= 11 is 0. The Morgan fingerprint density at radius 3 is 2.26 bits per heavy atom. The van der Waals surface area contributed by atoms with E-state index in [9.17, 15) is 9.59 Å². The molecule has 8 rings (SSSR count). The SMILES string of the molecule is CC1CCCCC1C(=O)Nc1ccc(-c2cc3cc(C(=O)NC4C5CC6CC(C5)CC4C6)ccc3[nH]2)cc1. The Morgan fingerprint density at radius 2 is 1.55 bits per heavy atom. The normalized spacial score (nSPS) is 31.9. The standard InChI is InChI=1S/C33H39N3O2/c1-19-4-2-3-5-28(19)33(38)34-27-9-6-22(7-10-27)30-18-24-17-23(8-11-29(24)35-30)32(37)36-31-25-13-20-12-21(15-25)16-26(31)14-20/h6-11,17-21,25-26,28,31,35H,2-5,12-16H2,1H3,(H,34,38)(H,36,37). The number of rotatable bonds is 5. The van der Waals surface area contributed by atoms with Gasteiger partial charge in [0.15, 0.2) is 0 Å². The molecule has 0 radical (unpaired) electrons. The second kappa shape index (κ2) is 9.59. The highest BCUT2D eigenvalue weighted by molar-refractivity contribution is 5.99. The van der Waals surface area contributed by atoms with Gasteiger partial charge in [-0.2, -0.15) is 0 Å². The minimum atomic E-state index is 0.0690. The van der Waals surface area contributed by atoms with Crippen molar-refractivity contribution in [1.29, 1.82) is 0 Å². The summed E-state index contributed by atoms with van der Waals surface area (Å²) in [6, 6.07) is 16.5. The predicted octanol–water partition coefficient (Wildman–Crippen LogP) is 7.15. The minimum absolute atomic E-state index is 0.0690. The van der Waals surface area contributed by atoms with Crippen molar-refractivity contribution in [2.24, 2.45) is 35.5 Å². The summed E-state index contributed by atoms with van der Waals surface area (Å²) < 4.78 is 0. The number of nitrogens with one attached hydrogen (secondary N) is 3. The molecule has 0 spiro atoms. The van der Waals surface area contributed by atoms with Crippen molar-refractivity contribution in [3.8, 4) is 11.3 Å². The zero-order valence-electron chi connectivity index (χ0n) is 22.3. The third-order valence-electron chi connectivity index (χ3n) is 10.3. The van der Waals surface area contributed by atoms with E-state index in [-0.39, 0.29) is 17.7 Å². The van der Waals surface area contributed by atoms with Crippen LogP contribution in [0.2, 0.25) is 0 Å². The van der Waals surface area contributed by atoms with E-state index >= 15 is 0 Å². The molecule has 5 heteroatoms. The maximum absolute atomic E-state index is 13.3. The predicted molar refractivity (Wildman–Crippen MR) is 152 cm³/mol. The number of benzene rings is 2. The lowest BCUT2D eigenvalue weighted by atomic mass is 9.54. The minimum Gasteiger partial charge on any atom is -0.355 e. The van der Waals surface area contributed by atoms with E-state index in [2.05, 4.69) is 28.6 Å². The number of aromatic amines is 1. The van der Waals surface area contributed by atoms with Crippen LogP contribution in [0.5, 0.6) is 0 Å². The number of hydrogen-bond acceptors (Lipinski definition) is 2. The topological polar surface area (TPSA) is 74.0 Å². The summed E-state index contributed by atoms with van der Waals surface area (Å²) in [6.45, 7) is 2.19. The highest BCUT2D eigenvalue weighted by Gasteiger charge is 2.48. The first kappa shape index (κ1) is 24.0. The second-order valence-corrected chi connectivity index (χ2v) is 12.8. The molecule has 2 aromatic carbocycles. The van der Waals surface area contributed by atoms with Gasteiger partial charge >= 0.3 is 0 Å². The van der Waals surface area contributed by atoms with Crippen molar-refractivity contribution in [1.82, 2.24) is 10.3 Å². The van der Waals surface area contributed by atoms with Gasteiger partial charge in [0.25, 0.3) is 5.91 Å². The van der Waals surface area contributed by atoms with Crippen molar-refractivity contribution in [3.05, 3.63) is 54.1 Å². The molecule has 2 unspecified atom stereocenters. The number of anilines is 1. The van der Waals surface area contributed by atoms with Crippen LogP contribution in [0.15, 0.2) is 48.5 Å². The van der Waals surface area contributed by atoms with Gasteiger partial charge in [0.2, 0.25) is 5.91 Å². The lowest BCUT2D eigenvalue weighted by Gasteiger charge is -2.54. The molecule has 5 aliphatic rings. The summed E-state index contributed by atoms with van der Waals surface area (Å²) in [4.78, 5) is 29.5. The Balaban J connectivity index is 1.03. The molecule has 1 heterocycles. The van der Waals surface area contributed by atoms with Gasteiger partial charge in [-0.3, -0.25) is 9.59 Å². The maximum Gasteiger partial charge on any atom is 0.251 e. The Kier molecular flexibility index (Phi) is 6.05. The molecule has 0 saturated heterocycles. The molecule has 5 nitrogen and oxygen atoms in total. The molecule has 2 amide bonds. The fourth-order valence-electron chi connectivity index (χ4n) is 8.50. The Hall–Kier alpha value is -3.08. The largest absolute Gasteiger partial charge is 0.355 e. The van der Waals surface area contributed by atoms with Crippen LogP contribution in [0.3, 0.4) is 0 Å². The van der Waals surface area contributed by atoms with Crippen molar-refractivity contribution in [3.63, 3.8) is 0 Å². The summed E-state index contributed by atoms with van der Waals surface area (Å²) in [5, 5.41) is 7.62. The highest BCUT2D eigenvalue weighted by Crippen LogP contribution is 2.53. The molecule has 5 fully saturated rings. The number of aromatic nitrogens is 1. The van der Waals surface area contributed by atoms with Crippen LogP contribution in [0.1, 0.15) is 75.1 Å². The van der Waals surface area contributed by atoms with E-state index in [0.29, 0.717) is 23.8 Å². The van der Waals surface area contributed by atoms with Gasteiger partial charge in [-0.1, -0.05) is 31.9 Å². The van der Waals surface area contributed by atoms with E-state index in [1.165, 1.54) is 38.5 Å². The summed E-state index contributed by atoms with van der Waals surface area (Å²) in [6.07, 6.45) is 11.2. The van der Waals surface area contributed by atoms with Crippen LogP contribution < -0.4 is 10.6 Å². The van der Waals surface area contributed by atoms with Crippen molar-refractivity contribution < 1.29 is 9.59 Å². The number of fused-ring (bicyclic) bond motifs is 1. The first-order valence-electron chi connectivity index (χ1n) is 14.8. The molecule has 5 saturated carbocycles. The van der Waals surface area contributed by atoms with E-state index in [1.807, 2.05) is 42.5 Å². The van der Waals surface area contributed by atoms with Gasteiger partial charge in [0.1, 0.15) is 0 Å². The van der Waals surface area contributed by atoms with Gasteiger partial charge in [-0.05, 0) is 116 Å². The molecular weight excluding hydrogens is 470 g/mol. The number of hydrogen-bond donors (Lipinski definition) is 3. The van der Waals surface area contributed by atoms with Crippen molar-refractivity contribution in [2.75, 3.05) is 5.32 Å². The van der Waals surface area contributed by atoms with E-state index in [4.69, 9.17) is 0 Å². The molecule has 2 atom stereocenters. The Morgan fingerprint density at radius 1 is 0.842 bits per heavy atom. The average Bonchev–Trinajstić information content (AvgIpc) is 3.34. The average molecular weight is 510 g/mol. The third kappa shape index (κ3) is 4.44. The molecule has 38 heavy (non-hydrogen) atoms. The quantitative estimate of drug-likeness (QED) is 0.342. The maximum atomic E-state index is 13.3. The molecular formula is C33H39N3O2. The van der Waals surface area contributed by atoms with Gasteiger partial charge in [-0.25, -0.2) is 0 Å². The van der Waals surface area contributed by atoms with Gasteiger partial charge in [-0.15, -0.1) is 0 Å². The molecule has 3 N–H and O–H groups in total. The summed E-state index contributed by atoms with van der Waals surface area (Å²) in [7, 11) is 0. The van der Waals surface area contributed by atoms with Crippen LogP contribution >= 0.6 is 0 Å². The van der Waals surface area contributed by atoms with Crippen LogP contribution in [0.25, 0.3) is 22.2 Å². The second-order valence-electron chi connectivity index (χ2n) is 12.8. The van der Waals surface area contributed by atoms with Gasteiger partial charge < -0.3 is 15.6 Å². The van der Waals surface area contributed by atoms with Crippen molar-refractivity contribution in [2.45, 2.75) is 70.8 Å². The van der Waals surface area contributed by atoms with Gasteiger partial charge in [0, 0.05) is 39.8 Å². The van der Waals surface area contributed by atoms with Crippen LogP contribution in [-0.4, -0.2) is 22.8 Å². The van der Waals surface area contributed by atoms with Crippen molar-refractivity contribution >= 4 is 28.4 Å². The number of carbonyl (C=O) groups excluding carboxylic acids is 2. The first-order valence-corrected chi connectivity index (χ1v) is 14.8.